The first-order chi connectivity index (χ1) is 9.67. The van der Waals surface area contributed by atoms with Crippen molar-refractivity contribution in [2.24, 2.45) is 0 Å². The molecule has 2 aromatic heterocycles. The van der Waals surface area contributed by atoms with Gasteiger partial charge in [0.15, 0.2) is 11.9 Å². The molecule has 0 spiro atoms. The molecule has 0 aliphatic carbocycles. The van der Waals surface area contributed by atoms with Gasteiger partial charge in [0.2, 0.25) is 0 Å². The summed E-state index contributed by atoms with van der Waals surface area (Å²) in [5.41, 5.74) is 0.576. The number of aliphatic hydroxyl groups excluding tert-OH is 3. The summed E-state index contributed by atoms with van der Waals surface area (Å²) in [7, 11) is 0. The van der Waals surface area contributed by atoms with Crippen molar-refractivity contribution in [3.05, 3.63) is 18.5 Å². The summed E-state index contributed by atoms with van der Waals surface area (Å²) in [6.45, 7) is -0.364. The van der Waals surface area contributed by atoms with E-state index in [9.17, 15) is 10.2 Å². The minimum atomic E-state index is -1.16. The fourth-order valence-corrected chi connectivity index (χ4v) is 2.93. The van der Waals surface area contributed by atoms with Crippen LogP contribution in [0.25, 0.3) is 11.0 Å². The van der Waals surface area contributed by atoms with Crippen LogP contribution in [0.1, 0.15) is 6.23 Å². The third kappa shape index (κ3) is 2.00. The third-order valence-corrected chi connectivity index (χ3v) is 4.23. The summed E-state index contributed by atoms with van der Waals surface area (Å²) in [4.78, 5) is 5.28. The van der Waals surface area contributed by atoms with E-state index in [1.807, 2.05) is 12.3 Å². The van der Waals surface area contributed by atoms with Crippen molar-refractivity contribution in [1.82, 2.24) is 14.8 Å². The van der Waals surface area contributed by atoms with E-state index in [0.717, 1.165) is 10.3 Å². The number of hydrogen-bond donors (Lipinski definition) is 3. The highest BCUT2D eigenvalue weighted by Crippen LogP contribution is 2.32. The van der Waals surface area contributed by atoms with E-state index in [4.69, 9.17) is 9.84 Å². The summed E-state index contributed by atoms with van der Waals surface area (Å²) in [5.74, 6) is 0. The Balaban J connectivity index is 2.03. The smallest absolute Gasteiger partial charge is 0.181 e. The second kappa shape index (κ2) is 5.30. The lowest BCUT2D eigenvalue weighted by molar-refractivity contribution is -0.0566. The lowest BCUT2D eigenvalue weighted by Crippen LogP contribution is -2.33. The van der Waals surface area contributed by atoms with E-state index in [1.54, 1.807) is 24.2 Å². The number of nitrogens with zero attached hydrogens (tertiary/aromatic N) is 3. The topological polar surface area (TPSA) is 101 Å². The molecule has 108 valence electrons. The summed E-state index contributed by atoms with van der Waals surface area (Å²) >= 11 is 1.57. The molecule has 0 aromatic carbocycles. The van der Waals surface area contributed by atoms with Crippen LogP contribution in [-0.4, -0.2) is 61.3 Å². The average molecular weight is 297 g/mol. The van der Waals surface area contributed by atoms with Gasteiger partial charge in [0, 0.05) is 11.1 Å². The molecule has 3 N–H and O–H groups in total. The van der Waals surface area contributed by atoms with Gasteiger partial charge in [-0.1, -0.05) is 0 Å². The van der Waals surface area contributed by atoms with Gasteiger partial charge in [-0.15, -0.1) is 11.8 Å². The highest BCUT2D eigenvalue weighted by Gasteiger charge is 2.44. The number of rotatable bonds is 3. The number of thioether (sulfide) groups is 1. The molecule has 7 nitrogen and oxygen atoms in total. The minimum absolute atomic E-state index is 0.364. The monoisotopic (exact) mass is 297 g/mol. The Labute approximate surface area is 119 Å². The van der Waals surface area contributed by atoms with E-state index in [1.165, 1.54) is 4.68 Å². The SMILES string of the molecule is CSc1ccnc2c1cnn2C1OC(CO)C(O)C1O. The highest BCUT2D eigenvalue weighted by molar-refractivity contribution is 7.98. The lowest BCUT2D eigenvalue weighted by atomic mass is 10.1. The molecule has 0 radical (unpaired) electrons. The van der Waals surface area contributed by atoms with Crippen LogP contribution in [0.2, 0.25) is 0 Å². The maximum atomic E-state index is 10.0. The van der Waals surface area contributed by atoms with Gasteiger partial charge in [0.1, 0.15) is 18.3 Å². The molecule has 1 saturated heterocycles. The van der Waals surface area contributed by atoms with Gasteiger partial charge in [-0.05, 0) is 12.3 Å². The highest BCUT2D eigenvalue weighted by atomic mass is 32.2. The Hall–Kier alpha value is -1.19. The molecule has 0 saturated carbocycles. The van der Waals surface area contributed by atoms with Crippen LogP contribution in [0.3, 0.4) is 0 Å². The van der Waals surface area contributed by atoms with Crippen molar-refractivity contribution in [3.8, 4) is 0 Å². The molecule has 0 amide bonds. The third-order valence-electron chi connectivity index (χ3n) is 3.44. The Kier molecular flexibility index (Phi) is 3.65. The van der Waals surface area contributed by atoms with Crippen LogP contribution < -0.4 is 0 Å². The van der Waals surface area contributed by atoms with Crippen molar-refractivity contribution in [2.75, 3.05) is 12.9 Å². The van der Waals surface area contributed by atoms with Crippen LogP contribution in [0.4, 0.5) is 0 Å². The molecular weight excluding hydrogens is 282 g/mol. The van der Waals surface area contributed by atoms with Crippen LogP contribution in [-0.2, 0) is 4.74 Å². The fourth-order valence-electron chi connectivity index (χ4n) is 2.37. The molecule has 1 fully saturated rings. The van der Waals surface area contributed by atoms with Crippen LogP contribution in [0, 0.1) is 0 Å². The van der Waals surface area contributed by atoms with Crippen molar-refractivity contribution in [1.29, 1.82) is 0 Å². The summed E-state index contributed by atoms with van der Waals surface area (Å²) in [5, 5.41) is 34.0. The fraction of sp³-hybridized carbons (Fsp3) is 0.500. The molecule has 0 bridgehead atoms. The molecule has 20 heavy (non-hydrogen) atoms. The predicted molar refractivity (Wildman–Crippen MR) is 72.3 cm³/mol. The van der Waals surface area contributed by atoms with Crippen molar-refractivity contribution in [3.63, 3.8) is 0 Å². The number of aromatic nitrogens is 3. The molecule has 4 atom stereocenters. The van der Waals surface area contributed by atoms with Crippen LogP contribution >= 0.6 is 11.8 Å². The van der Waals surface area contributed by atoms with Crippen molar-refractivity contribution in [2.45, 2.75) is 29.4 Å². The molecule has 2 aromatic rings. The van der Waals surface area contributed by atoms with E-state index in [-0.39, 0.29) is 6.61 Å². The maximum absolute atomic E-state index is 10.0. The molecule has 1 aliphatic rings. The van der Waals surface area contributed by atoms with Crippen molar-refractivity contribution >= 4 is 22.8 Å². The molecule has 8 heteroatoms. The lowest BCUT2D eigenvalue weighted by Gasteiger charge is -2.15. The number of fused-ring (bicyclic) bond motifs is 1. The summed E-state index contributed by atoms with van der Waals surface area (Å²) < 4.78 is 6.91. The Morgan fingerprint density at radius 1 is 1.40 bits per heavy atom. The molecule has 4 unspecified atom stereocenters. The van der Waals surface area contributed by atoms with E-state index in [2.05, 4.69) is 10.1 Å². The summed E-state index contributed by atoms with van der Waals surface area (Å²) in [6, 6.07) is 1.89. The molecule has 1 aliphatic heterocycles. The van der Waals surface area contributed by atoms with Gasteiger partial charge in [-0.25, -0.2) is 9.67 Å². The molecule has 3 rings (SSSR count). The van der Waals surface area contributed by atoms with Gasteiger partial charge in [0.05, 0.1) is 18.2 Å². The number of pyridine rings is 1. The molecule has 3 heterocycles. The Bertz CT molecular complexity index is 620. The second-order valence-corrected chi connectivity index (χ2v) is 5.42. The zero-order chi connectivity index (χ0) is 14.3. The van der Waals surface area contributed by atoms with Gasteiger partial charge in [0.25, 0.3) is 0 Å². The largest absolute Gasteiger partial charge is 0.394 e. The van der Waals surface area contributed by atoms with Crippen LogP contribution in [0.5, 0.6) is 0 Å². The normalized spacial score (nSPS) is 30.2. The van der Waals surface area contributed by atoms with Crippen molar-refractivity contribution < 1.29 is 20.1 Å². The predicted octanol–water partition coefficient (Wildman–Crippen LogP) is -0.235. The maximum Gasteiger partial charge on any atom is 0.181 e. The Morgan fingerprint density at radius 3 is 2.85 bits per heavy atom. The average Bonchev–Trinajstić information content (AvgIpc) is 3.01. The number of ether oxygens (including phenoxy) is 1. The standard InChI is InChI=1S/C12H15N3O4S/c1-20-8-2-3-13-11-6(8)4-14-15(11)12-10(18)9(17)7(5-16)19-12/h2-4,7,9-10,12,16-18H,5H2,1H3. The van der Waals surface area contributed by atoms with E-state index < -0.39 is 24.5 Å². The second-order valence-electron chi connectivity index (χ2n) is 4.57. The van der Waals surface area contributed by atoms with Crippen LogP contribution in [0.15, 0.2) is 23.4 Å². The summed E-state index contributed by atoms with van der Waals surface area (Å²) in [6.07, 6.45) is 1.29. The minimum Gasteiger partial charge on any atom is -0.394 e. The zero-order valence-electron chi connectivity index (χ0n) is 10.7. The first-order valence-corrected chi connectivity index (χ1v) is 7.38. The van der Waals surface area contributed by atoms with Gasteiger partial charge in [-0.2, -0.15) is 5.10 Å². The Morgan fingerprint density at radius 2 is 2.20 bits per heavy atom. The number of aliphatic hydroxyl groups is 3. The van der Waals surface area contributed by atoms with E-state index >= 15 is 0 Å². The first kappa shape index (κ1) is 13.8. The molecular formula is C12H15N3O4S. The number of hydrogen-bond acceptors (Lipinski definition) is 7. The van der Waals surface area contributed by atoms with E-state index in [0.29, 0.717) is 5.65 Å². The zero-order valence-corrected chi connectivity index (χ0v) is 11.6. The quantitative estimate of drug-likeness (QED) is 0.672. The van der Waals surface area contributed by atoms with Gasteiger partial charge < -0.3 is 20.1 Å². The first-order valence-electron chi connectivity index (χ1n) is 6.16. The van der Waals surface area contributed by atoms with Gasteiger partial charge >= 0.3 is 0 Å². The van der Waals surface area contributed by atoms with Gasteiger partial charge in [-0.3, -0.25) is 0 Å².